The highest BCUT2D eigenvalue weighted by molar-refractivity contribution is 5.77. The Morgan fingerprint density at radius 1 is 0.614 bits per heavy atom. The number of amides is 2. The van der Waals surface area contributed by atoms with Gasteiger partial charge in [0, 0.05) is 37.8 Å². The van der Waals surface area contributed by atoms with Crippen molar-refractivity contribution in [2.45, 2.75) is 135 Å². The quantitative estimate of drug-likeness (QED) is 0.136. The Kier molecular flexibility index (Phi) is 11.7. The molecule has 4 aliphatic carbocycles. The Bertz CT molecular complexity index is 970. The number of hydrogen-bond acceptors (Lipinski definition) is 9. The summed E-state index contributed by atoms with van der Waals surface area (Å²) in [5.41, 5.74) is -1.67. The summed E-state index contributed by atoms with van der Waals surface area (Å²) < 4.78 is 20.2. The summed E-state index contributed by atoms with van der Waals surface area (Å²) in [5, 5.41) is 6.22. The fourth-order valence-corrected chi connectivity index (χ4v) is 9.08. The van der Waals surface area contributed by atoms with Gasteiger partial charge in [0.1, 0.15) is 5.60 Å². The van der Waals surface area contributed by atoms with E-state index >= 15 is 0 Å². The lowest BCUT2D eigenvalue weighted by molar-refractivity contribution is -0.192. The minimum absolute atomic E-state index is 0.0126. The van der Waals surface area contributed by atoms with Gasteiger partial charge in [0.25, 0.3) is 0 Å². The van der Waals surface area contributed by atoms with E-state index in [1.165, 1.54) is 21.3 Å². The minimum Gasteiger partial charge on any atom is -0.469 e. The second-order valence-corrected chi connectivity index (χ2v) is 14.9. The highest BCUT2D eigenvalue weighted by atomic mass is 16.6. The van der Waals surface area contributed by atoms with E-state index in [0.29, 0.717) is 38.6 Å². The predicted octanol–water partition coefficient (Wildman–Crippen LogP) is 5.13. The van der Waals surface area contributed by atoms with Gasteiger partial charge in [0.2, 0.25) is 5.91 Å². The van der Waals surface area contributed by atoms with E-state index in [0.717, 1.165) is 51.4 Å². The smallest absolute Gasteiger partial charge is 0.407 e. The van der Waals surface area contributed by atoms with Crippen LogP contribution in [0.4, 0.5) is 4.79 Å². The minimum atomic E-state index is -0.549. The third-order valence-electron chi connectivity index (χ3n) is 9.80. The topological polar surface area (TPSA) is 146 Å². The Labute approximate surface area is 262 Å². The second kappa shape index (κ2) is 14.5. The van der Waals surface area contributed by atoms with Crippen LogP contribution in [0, 0.1) is 16.2 Å². The lowest BCUT2D eigenvalue weighted by Crippen LogP contribution is -2.69. The van der Waals surface area contributed by atoms with Gasteiger partial charge in [-0.25, -0.2) is 4.79 Å². The molecule has 0 spiro atoms. The van der Waals surface area contributed by atoms with Crippen LogP contribution in [0.3, 0.4) is 0 Å². The molecule has 11 heteroatoms. The molecule has 11 nitrogen and oxygen atoms in total. The average molecular weight is 623 g/mol. The Morgan fingerprint density at radius 2 is 1.05 bits per heavy atom. The van der Waals surface area contributed by atoms with E-state index in [9.17, 15) is 24.0 Å². The van der Waals surface area contributed by atoms with Gasteiger partial charge in [-0.3, -0.25) is 19.2 Å². The molecule has 44 heavy (non-hydrogen) atoms. The Hall–Kier alpha value is -2.85. The number of unbranched alkanes of at least 4 members (excludes halogenated alkanes) is 2. The highest BCUT2D eigenvalue weighted by Gasteiger charge is 2.67. The first-order valence-electron chi connectivity index (χ1n) is 16.1. The van der Waals surface area contributed by atoms with Crippen molar-refractivity contribution in [1.82, 2.24) is 10.6 Å². The molecule has 0 atom stereocenters. The molecule has 0 aliphatic heterocycles. The van der Waals surface area contributed by atoms with Crippen molar-refractivity contribution < 1.29 is 42.9 Å². The summed E-state index contributed by atoms with van der Waals surface area (Å²) in [6, 6.07) is 0. The summed E-state index contributed by atoms with van der Waals surface area (Å²) in [5.74, 6) is -0.784. The lowest BCUT2D eigenvalue weighted by Gasteiger charge is -2.71. The number of carbonyl (C=O) groups is 5. The first-order chi connectivity index (χ1) is 20.6. The van der Waals surface area contributed by atoms with E-state index in [4.69, 9.17) is 18.9 Å². The molecule has 2 amide bonds. The number of nitrogens with one attached hydrogen (secondary N) is 2. The number of esters is 3. The van der Waals surface area contributed by atoms with Crippen LogP contribution in [-0.2, 0) is 38.1 Å². The van der Waals surface area contributed by atoms with Crippen LogP contribution in [-0.4, -0.2) is 68.9 Å². The number of ether oxygens (including phenoxy) is 4. The fraction of sp³-hybridized carbons (Fsp3) is 0.848. The molecular weight excluding hydrogens is 568 g/mol. The van der Waals surface area contributed by atoms with E-state index in [1.807, 2.05) is 20.8 Å². The number of alkyl carbamates (subject to hydrolysis) is 1. The molecule has 4 bridgehead atoms. The number of carbonyl (C=O) groups excluding carboxylic acids is 5. The third-order valence-corrected chi connectivity index (χ3v) is 9.80. The molecule has 0 aromatic heterocycles. The monoisotopic (exact) mass is 622 g/mol. The average Bonchev–Trinajstić information content (AvgIpc) is 2.93. The summed E-state index contributed by atoms with van der Waals surface area (Å²) >= 11 is 0. The molecule has 2 N–H and O–H groups in total. The normalized spacial score (nSPS) is 28.6. The molecule has 4 aliphatic rings. The van der Waals surface area contributed by atoms with Crippen LogP contribution in [0.5, 0.6) is 0 Å². The van der Waals surface area contributed by atoms with E-state index in [2.05, 4.69) is 10.6 Å². The maximum atomic E-state index is 13.5. The van der Waals surface area contributed by atoms with Gasteiger partial charge in [0.05, 0.1) is 21.3 Å². The summed E-state index contributed by atoms with van der Waals surface area (Å²) in [4.78, 5) is 62.1. The molecule has 250 valence electrons. The van der Waals surface area contributed by atoms with E-state index in [-0.39, 0.29) is 59.3 Å². The number of methoxy groups -OCH3 is 3. The molecule has 4 fully saturated rings. The van der Waals surface area contributed by atoms with Gasteiger partial charge in [-0.05, 0) is 108 Å². The van der Waals surface area contributed by atoms with Crippen LogP contribution >= 0.6 is 0 Å². The van der Waals surface area contributed by atoms with Crippen molar-refractivity contribution in [2.75, 3.05) is 27.9 Å². The maximum Gasteiger partial charge on any atom is 0.407 e. The molecule has 0 unspecified atom stereocenters. The van der Waals surface area contributed by atoms with E-state index in [1.54, 1.807) is 0 Å². The van der Waals surface area contributed by atoms with Gasteiger partial charge in [-0.2, -0.15) is 0 Å². The van der Waals surface area contributed by atoms with Crippen LogP contribution < -0.4 is 10.6 Å². The third kappa shape index (κ3) is 9.83. The standard InChI is InChI=1S/C33H54N2O9/c1-29(2,3)44-28(40)34-17-9-7-8-10-24(36)35-33-21-30(14-11-25(37)41-4)18-31(22-33,15-12-26(38)42-5)20-32(19-30,23-33)16-13-27(39)43-6/h7-23H2,1-6H3,(H,34,40)(H,35,36). The molecule has 0 saturated heterocycles. The Morgan fingerprint density at radius 3 is 1.43 bits per heavy atom. The predicted molar refractivity (Wildman–Crippen MR) is 162 cm³/mol. The largest absolute Gasteiger partial charge is 0.469 e. The zero-order valence-electron chi connectivity index (χ0n) is 27.7. The zero-order valence-corrected chi connectivity index (χ0v) is 27.7. The first kappa shape index (κ1) is 35.6. The molecule has 0 aromatic rings. The van der Waals surface area contributed by atoms with Crippen LogP contribution in [0.2, 0.25) is 0 Å². The molecule has 4 saturated carbocycles. The van der Waals surface area contributed by atoms with Crippen molar-refractivity contribution in [2.24, 2.45) is 16.2 Å². The molecule has 0 aromatic carbocycles. The van der Waals surface area contributed by atoms with Crippen molar-refractivity contribution >= 4 is 29.9 Å². The van der Waals surface area contributed by atoms with Crippen LogP contribution in [0.15, 0.2) is 0 Å². The summed E-state index contributed by atoms with van der Waals surface area (Å²) in [7, 11) is 4.19. The van der Waals surface area contributed by atoms with Crippen LogP contribution in [0.25, 0.3) is 0 Å². The van der Waals surface area contributed by atoms with Crippen molar-refractivity contribution in [1.29, 1.82) is 0 Å². The van der Waals surface area contributed by atoms with Gasteiger partial charge >= 0.3 is 24.0 Å². The van der Waals surface area contributed by atoms with Crippen LogP contribution in [0.1, 0.15) is 124 Å². The molecule has 4 rings (SSSR count). The second-order valence-electron chi connectivity index (χ2n) is 14.9. The fourth-order valence-electron chi connectivity index (χ4n) is 9.08. The number of hydrogen-bond donors (Lipinski definition) is 2. The van der Waals surface area contributed by atoms with Gasteiger partial charge in [0.15, 0.2) is 0 Å². The zero-order chi connectivity index (χ0) is 32.7. The Balaban J connectivity index is 1.73. The number of rotatable bonds is 16. The van der Waals surface area contributed by atoms with Gasteiger partial charge < -0.3 is 29.6 Å². The van der Waals surface area contributed by atoms with E-state index < -0.39 is 17.2 Å². The van der Waals surface area contributed by atoms with Crippen molar-refractivity contribution in [3.05, 3.63) is 0 Å². The SMILES string of the molecule is COC(=O)CCC12CC3(CCC(=O)OC)CC(CCC(=O)OC)(C1)CC(NC(=O)CCCCCNC(=O)OC(C)(C)C)(C2)C3. The van der Waals surface area contributed by atoms with Crippen molar-refractivity contribution in [3.8, 4) is 0 Å². The summed E-state index contributed by atoms with van der Waals surface area (Å²) in [6.45, 7) is 5.93. The lowest BCUT2D eigenvalue weighted by atomic mass is 9.35. The first-order valence-corrected chi connectivity index (χ1v) is 16.1. The van der Waals surface area contributed by atoms with Gasteiger partial charge in [-0.15, -0.1) is 0 Å². The highest BCUT2D eigenvalue weighted by Crippen LogP contribution is 2.74. The summed E-state index contributed by atoms with van der Waals surface area (Å²) in [6.07, 6.45) is 9.84. The molecule has 0 heterocycles. The van der Waals surface area contributed by atoms with Gasteiger partial charge in [-0.1, -0.05) is 6.42 Å². The maximum absolute atomic E-state index is 13.5. The van der Waals surface area contributed by atoms with Crippen molar-refractivity contribution in [3.63, 3.8) is 0 Å². The molecular formula is C33H54N2O9. The molecule has 0 radical (unpaired) electrons.